The van der Waals surface area contributed by atoms with E-state index in [-0.39, 0.29) is 12.1 Å². The van der Waals surface area contributed by atoms with Gasteiger partial charge in [0.15, 0.2) is 0 Å². The molecule has 0 radical (unpaired) electrons. The number of carboxylic acid groups (broad SMARTS) is 1. The Bertz CT molecular complexity index is 665. The number of aliphatic carboxylic acids is 1. The van der Waals surface area contributed by atoms with Gasteiger partial charge in [-0.2, -0.15) is 4.72 Å². The molecule has 8 heteroatoms. The average molecular weight is 339 g/mol. The number of rotatable bonds is 6. The second-order valence-electron chi connectivity index (χ2n) is 5.64. The molecule has 7 nitrogen and oxygen atoms in total. The minimum Gasteiger partial charge on any atom is -0.480 e. The van der Waals surface area contributed by atoms with E-state index in [2.05, 4.69) is 15.6 Å². The first-order valence-electron chi connectivity index (χ1n) is 7.29. The van der Waals surface area contributed by atoms with Gasteiger partial charge in [-0.3, -0.25) is 15.6 Å². The standard InChI is InChI=1S/C15H21N3O4S/c1-10-13(11(2)17-16-10)14(15(19)20)18-23(21,22)9-8-12-6-4-3-5-7-12/h3-11,13-14,16-18H,1-2H3,(H,19,20)/b9-8+. The number of hydrazine groups is 1. The summed E-state index contributed by atoms with van der Waals surface area (Å²) in [5, 5.41) is 10.4. The van der Waals surface area contributed by atoms with Crippen molar-refractivity contribution in [2.24, 2.45) is 5.92 Å². The number of carbonyl (C=O) groups is 1. The molecule has 0 bridgehead atoms. The van der Waals surface area contributed by atoms with Gasteiger partial charge in [0.2, 0.25) is 10.0 Å². The molecule has 1 aliphatic heterocycles. The molecule has 1 aliphatic rings. The third kappa shape index (κ3) is 4.61. The van der Waals surface area contributed by atoms with Crippen molar-refractivity contribution >= 4 is 22.1 Å². The van der Waals surface area contributed by atoms with Crippen LogP contribution in [0.15, 0.2) is 35.7 Å². The molecule has 0 saturated carbocycles. The van der Waals surface area contributed by atoms with Crippen LogP contribution in [0.2, 0.25) is 0 Å². The van der Waals surface area contributed by atoms with Gasteiger partial charge < -0.3 is 5.11 Å². The molecule has 3 unspecified atom stereocenters. The van der Waals surface area contributed by atoms with Gasteiger partial charge >= 0.3 is 5.97 Å². The Morgan fingerprint density at radius 1 is 1.22 bits per heavy atom. The summed E-state index contributed by atoms with van der Waals surface area (Å²) < 4.78 is 26.6. The molecule has 2 rings (SSSR count). The summed E-state index contributed by atoms with van der Waals surface area (Å²) >= 11 is 0. The zero-order chi connectivity index (χ0) is 17.0. The molecule has 1 aromatic rings. The largest absolute Gasteiger partial charge is 0.480 e. The molecule has 4 N–H and O–H groups in total. The number of sulfonamides is 1. The van der Waals surface area contributed by atoms with E-state index in [1.54, 1.807) is 24.3 Å². The third-order valence-electron chi connectivity index (χ3n) is 3.87. The monoisotopic (exact) mass is 339 g/mol. The zero-order valence-electron chi connectivity index (χ0n) is 12.9. The van der Waals surface area contributed by atoms with Gasteiger partial charge in [-0.1, -0.05) is 30.3 Å². The van der Waals surface area contributed by atoms with Crippen LogP contribution in [-0.4, -0.2) is 37.6 Å². The molecule has 1 aromatic carbocycles. The fraction of sp³-hybridized carbons (Fsp3) is 0.400. The number of hydrogen-bond acceptors (Lipinski definition) is 5. The second-order valence-corrected chi connectivity index (χ2v) is 7.23. The first-order valence-corrected chi connectivity index (χ1v) is 8.84. The molecule has 0 amide bonds. The number of hydrogen-bond donors (Lipinski definition) is 4. The van der Waals surface area contributed by atoms with Crippen molar-refractivity contribution in [2.45, 2.75) is 32.0 Å². The summed E-state index contributed by atoms with van der Waals surface area (Å²) in [4.78, 5) is 11.5. The zero-order valence-corrected chi connectivity index (χ0v) is 13.7. The normalized spacial score (nSPS) is 26.4. The molecule has 126 valence electrons. The molecule has 1 heterocycles. The number of carboxylic acids is 1. The van der Waals surface area contributed by atoms with E-state index in [1.165, 1.54) is 6.08 Å². The van der Waals surface area contributed by atoms with Crippen molar-refractivity contribution < 1.29 is 18.3 Å². The van der Waals surface area contributed by atoms with Crippen LogP contribution in [0.3, 0.4) is 0 Å². The molecule has 1 saturated heterocycles. The van der Waals surface area contributed by atoms with E-state index in [4.69, 9.17) is 0 Å². The van der Waals surface area contributed by atoms with E-state index >= 15 is 0 Å². The third-order valence-corrected chi connectivity index (χ3v) is 4.95. The molecule has 1 fully saturated rings. The number of nitrogens with one attached hydrogen (secondary N) is 3. The lowest BCUT2D eigenvalue weighted by Gasteiger charge is -2.25. The Hall–Kier alpha value is -1.74. The summed E-state index contributed by atoms with van der Waals surface area (Å²) in [5.41, 5.74) is 6.58. The van der Waals surface area contributed by atoms with Gasteiger partial charge in [0, 0.05) is 23.4 Å². The molecular weight excluding hydrogens is 318 g/mol. The lowest BCUT2D eigenvalue weighted by Crippen LogP contribution is -2.50. The van der Waals surface area contributed by atoms with Crippen molar-refractivity contribution in [3.05, 3.63) is 41.3 Å². The van der Waals surface area contributed by atoms with Crippen molar-refractivity contribution in [1.29, 1.82) is 0 Å². The van der Waals surface area contributed by atoms with E-state index in [0.717, 1.165) is 11.0 Å². The summed E-state index contributed by atoms with van der Waals surface area (Å²) in [6.45, 7) is 3.62. The van der Waals surface area contributed by atoms with Crippen LogP contribution in [-0.2, 0) is 14.8 Å². The smallest absolute Gasteiger partial charge is 0.322 e. The average Bonchev–Trinajstić information content (AvgIpc) is 2.83. The van der Waals surface area contributed by atoms with Crippen LogP contribution in [0.25, 0.3) is 6.08 Å². The minimum atomic E-state index is -3.88. The Balaban J connectivity index is 2.16. The van der Waals surface area contributed by atoms with Crippen LogP contribution in [0.4, 0.5) is 0 Å². The lowest BCUT2D eigenvalue weighted by molar-refractivity contribution is -0.140. The Labute approximate surface area is 135 Å². The van der Waals surface area contributed by atoms with Gasteiger partial charge in [0.1, 0.15) is 6.04 Å². The van der Waals surface area contributed by atoms with Gasteiger partial charge in [0.05, 0.1) is 0 Å². The van der Waals surface area contributed by atoms with Crippen LogP contribution < -0.4 is 15.6 Å². The van der Waals surface area contributed by atoms with Crippen molar-refractivity contribution in [3.63, 3.8) is 0 Å². The van der Waals surface area contributed by atoms with Crippen LogP contribution in [0, 0.1) is 5.92 Å². The van der Waals surface area contributed by atoms with E-state index < -0.39 is 28.0 Å². The Morgan fingerprint density at radius 3 is 2.30 bits per heavy atom. The summed E-state index contributed by atoms with van der Waals surface area (Å²) in [6.07, 6.45) is 1.43. The maximum absolute atomic E-state index is 12.2. The lowest BCUT2D eigenvalue weighted by atomic mass is 9.89. The first kappa shape index (κ1) is 17.6. The van der Waals surface area contributed by atoms with Gasteiger partial charge in [-0.25, -0.2) is 8.42 Å². The maximum Gasteiger partial charge on any atom is 0.322 e. The fourth-order valence-electron chi connectivity index (χ4n) is 2.71. The number of benzene rings is 1. The predicted molar refractivity (Wildman–Crippen MR) is 87.6 cm³/mol. The van der Waals surface area contributed by atoms with Crippen molar-refractivity contribution in [3.8, 4) is 0 Å². The summed E-state index contributed by atoms with van der Waals surface area (Å²) in [5.74, 6) is -1.61. The highest BCUT2D eigenvalue weighted by molar-refractivity contribution is 7.92. The molecule has 0 spiro atoms. The predicted octanol–water partition coefficient (Wildman–Crippen LogP) is 0.531. The highest BCUT2D eigenvalue weighted by Crippen LogP contribution is 2.20. The van der Waals surface area contributed by atoms with E-state index in [9.17, 15) is 18.3 Å². The van der Waals surface area contributed by atoms with Crippen LogP contribution >= 0.6 is 0 Å². The molecule has 0 aliphatic carbocycles. The second kappa shape index (κ2) is 7.22. The van der Waals surface area contributed by atoms with E-state index in [0.29, 0.717) is 0 Å². The quantitative estimate of drug-likeness (QED) is 0.602. The van der Waals surface area contributed by atoms with Crippen molar-refractivity contribution in [2.75, 3.05) is 0 Å². The molecule has 0 aromatic heterocycles. The highest BCUT2D eigenvalue weighted by atomic mass is 32.2. The summed E-state index contributed by atoms with van der Waals surface area (Å²) in [7, 11) is -3.88. The minimum absolute atomic E-state index is 0.174. The highest BCUT2D eigenvalue weighted by Gasteiger charge is 2.41. The van der Waals surface area contributed by atoms with Crippen LogP contribution in [0.1, 0.15) is 19.4 Å². The fourth-order valence-corrected chi connectivity index (χ4v) is 3.73. The van der Waals surface area contributed by atoms with Gasteiger partial charge in [-0.05, 0) is 25.5 Å². The van der Waals surface area contributed by atoms with Crippen molar-refractivity contribution in [1.82, 2.24) is 15.6 Å². The maximum atomic E-state index is 12.2. The Kier molecular flexibility index (Phi) is 5.53. The summed E-state index contributed by atoms with van der Waals surface area (Å²) in [6, 6.07) is 7.36. The van der Waals surface area contributed by atoms with Gasteiger partial charge in [-0.15, -0.1) is 0 Å². The molecule has 23 heavy (non-hydrogen) atoms. The Morgan fingerprint density at radius 2 is 1.78 bits per heavy atom. The molecular formula is C15H21N3O4S. The van der Waals surface area contributed by atoms with E-state index in [1.807, 2.05) is 19.9 Å². The first-order chi connectivity index (χ1) is 10.8. The van der Waals surface area contributed by atoms with Gasteiger partial charge in [0.25, 0.3) is 0 Å². The van der Waals surface area contributed by atoms with Crippen LogP contribution in [0.5, 0.6) is 0 Å². The SMILES string of the molecule is CC1NNC(C)C1C(NS(=O)(=O)/C=C/c1ccccc1)C(=O)O. The molecule has 3 atom stereocenters. The topological polar surface area (TPSA) is 108 Å².